The van der Waals surface area contributed by atoms with Crippen LogP contribution in [0.15, 0.2) is 18.2 Å². The maximum atomic E-state index is 12.5. The summed E-state index contributed by atoms with van der Waals surface area (Å²) in [7, 11) is 1.53. The second-order valence-corrected chi connectivity index (χ2v) is 6.51. The smallest absolute Gasteiger partial charge is 0.344 e. The number of hydrogen-bond donors (Lipinski definition) is 0. The summed E-state index contributed by atoms with van der Waals surface area (Å²) in [5.41, 5.74) is 1.02. The number of carbonyl (C=O) groups excluding carboxylic acids is 2. The number of aryl methyl sites for hydroxylation is 1. The van der Waals surface area contributed by atoms with Gasteiger partial charge in [0.2, 0.25) is 0 Å². The number of ether oxygens (including phenoxy) is 3. The number of amides is 1. The molecule has 140 valence electrons. The van der Waals surface area contributed by atoms with Crippen molar-refractivity contribution in [3.05, 3.63) is 23.8 Å². The second-order valence-electron chi connectivity index (χ2n) is 6.51. The summed E-state index contributed by atoms with van der Waals surface area (Å²) in [5.74, 6) is 0.180. The Morgan fingerprint density at radius 2 is 1.64 bits per heavy atom. The molecule has 0 aromatic heterocycles. The first-order chi connectivity index (χ1) is 11.7. The van der Waals surface area contributed by atoms with Gasteiger partial charge >= 0.3 is 5.97 Å². The number of nitrogens with zero attached hydrogens (tertiary/aromatic N) is 1. The monoisotopic (exact) mass is 351 g/mol. The van der Waals surface area contributed by atoms with Crippen molar-refractivity contribution in [2.45, 2.75) is 59.7 Å². The molecule has 0 saturated heterocycles. The van der Waals surface area contributed by atoms with E-state index in [1.54, 1.807) is 17.9 Å². The highest BCUT2D eigenvalue weighted by Crippen LogP contribution is 2.27. The zero-order chi connectivity index (χ0) is 19.1. The highest BCUT2D eigenvalue weighted by molar-refractivity contribution is 5.84. The van der Waals surface area contributed by atoms with Crippen molar-refractivity contribution in [2.24, 2.45) is 0 Å². The highest BCUT2D eigenvalue weighted by atomic mass is 16.6. The molecule has 0 aliphatic heterocycles. The van der Waals surface area contributed by atoms with Crippen molar-refractivity contribution >= 4 is 11.9 Å². The van der Waals surface area contributed by atoms with Crippen LogP contribution in [-0.2, 0) is 14.3 Å². The minimum absolute atomic E-state index is 0.0294. The maximum Gasteiger partial charge on any atom is 0.344 e. The van der Waals surface area contributed by atoms with Gasteiger partial charge in [0.1, 0.15) is 0 Å². The standard InChI is InChI=1S/C19H29NO5/c1-12(2)20(13(3)4)19(22)15(6)25-18(21)11-24-16-9-8-14(5)10-17(16)23-7/h8-10,12-13,15H,11H2,1-7H3. The second kappa shape index (κ2) is 9.30. The van der Waals surface area contributed by atoms with Crippen LogP contribution in [0, 0.1) is 6.92 Å². The van der Waals surface area contributed by atoms with Crippen LogP contribution >= 0.6 is 0 Å². The van der Waals surface area contributed by atoms with Crippen molar-refractivity contribution in [3.8, 4) is 11.5 Å². The Balaban J connectivity index is 2.63. The van der Waals surface area contributed by atoms with E-state index >= 15 is 0 Å². The van der Waals surface area contributed by atoms with Crippen molar-refractivity contribution in [3.63, 3.8) is 0 Å². The van der Waals surface area contributed by atoms with Crippen LogP contribution in [0.5, 0.6) is 11.5 Å². The highest BCUT2D eigenvalue weighted by Gasteiger charge is 2.27. The molecule has 1 rings (SSSR count). The molecule has 0 bridgehead atoms. The van der Waals surface area contributed by atoms with E-state index in [0.29, 0.717) is 11.5 Å². The number of methoxy groups -OCH3 is 1. The van der Waals surface area contributed by atoms with E-state index in [-0.39, 0.29) is 24.6 Å². The van der Waals surface area contributed by atoms with Gasteiger partial charge in [0.05, 0.1) is 7.11 Å². The molecule has 0 heterocycles. The van der Waals surface area contributed by atoms with E-state index in [1.165, 1.54) is 7.11 Å². The molecule has 6 heteroatoms. The van der Waals surface area contributed by atoms with Gasteiger partial charge in [-0.05, 0) is 59.2 Å². The average molecular weight is 351 g/mol. The summed E-state index contributed by atoms with van der Waals surface area (Å²) >= 11 is 0. The van der Waals surface area contributed by atoms with E-state index in [0.717, 1.165) is 5.56 Å². The molecule has 0 aliphatic rings. The minimum Gasteiger partial charge on any atom is -0.493 e. The molecule has 25 heavy (non-hydrogen) atoms. The van der Waals surface area contributed by atoms with Crippen LogP contribution in [0.4, 0.5) is 0 Å². The van der Waals surface area contributed by atoms with Crippen molar-refractivity contribution < 1.29 is 23.8 Å². The molecule has 1 amide bonds. The Morgan fingerprint density at radius 3 is 2.16 bits per heavy atom. The lowest BCUT2D eigenvalue weighted by Gasteiger charge is -2.32. The Bertz CT molecular complexity index is 589. The Labute approximate surface area is 150 Å². The number of rotatable bonds is 8. The molecule has 6 nitrogen and oxygen atoms in total. The van der Waals surface area contributed by atoms with Crippen LogP contribution in [0.2, 0.25) is 0 Å². The fourth-order valence-corrected chi connectivity index (χ4v) is 2.63. The van der Waals surface area contributed by atoms with Gasteiger partial charge in [-0.1, -0.05) is 6.07 Å². The zero-order valence-corrected chi connectivity index (χ0v) is 16.2. The molecule has 0 radical (unpaired) electrons. The molecule has 0 fully saturated rings. The number of benzene rings is 1. The van der Waals surface area contributed by atoms with Gasteiger partial charge in [-0.25, -0.2) is 4.79 Å². The van der Waals surface area contributed by atoms with Crippen molar-refractivity contribution in [1.29, 1.82) is 0 Å². The molecular weight excluding hydrogens is 322 g/mol. The molecule has 1 aromatic rings. The fraction of sp³-hybridized carbons (Fsp3) is 0.579. The molecule has 0 N–H and O–H groups in total. The third-order valence-corrected chi connectivity index (χ3v) is 3.69. The first-order valence-corrected chi connectivity index (χ1v) is 8.46. The summed E-state index contributed by atoms with van der Waals surface area (Å²) < 4.78 is 15.9. The molecule has 0 saturated carbocycles. The van der Waals surface area contributed by atoms with E-state index in [4.69, 9.17) is 14.2 Å². The normalized spacial score (nSPS) is 12.0. The fourth-order valence-electron chi connectivity index (χ4n) is 2.63. The Hall–Kier alpha value is -2.24. The SMILES string of the molecule is COc1cc(C)ccc1OCC(=O)OC(C)C(=O)N(C(C)C)C(C)C. The molecular formula is C19H29NO5. The van der Waals surface area contributed by atoms with Crippen LogP contribution in [-0.4, -0.2) is 48.7 Å². The molecule has 0 aliphatic carbocycles. The number of hydrogen-bond acceptors (Lipinski definition) is 5. The summed E-state index contributed by atoms with van der Waals surface area (Å²) in [6.45, 7) is 10.9. The Morgan fingerprint density at radius 1 is 1.04 bits per heavy atom. The lowest BCUT2D eigenvalue weighted by molar-refractivity contribution is -0.162. The third kappa shape index (κ3) is 5.96. The molecule has 1 unspecified atom stereocenters. The van der Waals surface area contributed by atoms with E-state index in [9.17, 15) is 9.59 Å². The first kappa shape index (κ1) is 20.8. The predicted molar refractivity (Wildman–Crippen MR) is 95.9 cm³/mol. The largest absolute Gasteiger partial charge is 0.493 e. The zero-order valence-electron chi connectivity index (χ0n) is 16.2. The van der Waals surface area contributed by atoms with Crippen LogP contribution in [0.25, 0.3) is 0 Å². The van der Waals surface area contributed by atoms with E-state index in [2.05, 4.69) is 0 Å². The van der Waals surface area contributed by atoms with Crippen LogP contribution in [0.3, 0.4) is 0 Å². The van der Waals surface area contributed by atoms with E-state index < -0.39 is 12.1 Å². The Kier molecular flexibility index (Phi) is 7.74. The predicted octanol–water partition coefficient (Wildman–Crippen LogP) is 2.96. The van der Waals surface area contributed by atoms with Gasteiger partial charge in [-0.15, -0.1) is 0 Å². The molecule has 0 spiro atoms. The topological polar surface area (TPSA) is 65.1 Å². The van der Waals surface area contributed by atoms with Gasteiger partial charge in [0.25, 0.3) is 5.91 Å². The summed E-state index contributed by atoms with van der Waals surface area (Å²) in [4.78, 5) is 26.2. The lowest BCUT2D eigenvalue weighted by Crippen LogP contribution is -2.47. The maximum absolute atomic E-state index is 12.5. The van der Waals surface area contributed by atoms with Crippen molar-refractivity contribution in [1.82, 2.24) is 4.90 Å². The summed E-state index contributed by atoms with van der Waals surface area (Å²) in [6.07, 6.45) is -0.860. The van der Waals surface area contributed by atoms with Crippen molar-refractivity contribution in [2.75, 3.05) is 13.7 Å². The minimum atomic E-state index is -0.860. The summed E-state index contributed by atoms with van der Waals surface area (Å²) in [6, 6.07) is 5.47. The first-order valence-electron chi connectivity index (χ1n) is 8.46. The van der Waals surface area contributed by atoms with Gasteiger partial charge in [-0.3, -0.25) is 4.79 Å². The van der Waals surface area contributed by atoms with Gasteiger partial charge in [0, 0.05) is 12.1 Å². The van der Waals surface area contributed by atoms with Gasteiger partial charge in [0.15, 0.2) is 24.2 Å². The quantitative estimate of drug-likeness (QED) is 0.674. The van der Waals surface area contributed by atoms with E-state index in [1.807, 2.05) is 46.8 Å². The van der Waals surface area contributed by atoms with Crippen LogP contribution in [0.1, 0.15) is 40.2 Å². The number of esters is 1. The average Bonchev–Trinajstić information content (AvgIpc) is 2.52. The van der Waals surface area contributed by atoms with Gasteiger partial charge in [-0.2, -0.15) is 0 Å². The third-order valence-electron chi connectivity index (χ3n) is 3.69. The summed E-state index contributed by atoms with van der Waals surface area (Å²) in [5, 5.41) is 0. The van der Waals surface area contributed by atoms with Crippen LogP contribution < -0.4 is 9.47 Å². The number of carbonyl (C=O) groups is 2. The lowest BCUT2D eigenvalue weighted by atomic mass is 10.2. The van der Waals surface area contributed by atoms with Gasteiger partial charge < -0.3 is 19.1 Å². The molecule has 1 atom stereocenters. The molecule has 1 aromatic carbocycles.